The number of anilines is 1. The van der Waals surface area contributed by atoms with E-state index in [2.05, 4.69) is 23.4 Å². The van der Waals surface area contributed by atoms with Crippen LogP contribution in [0.2, 0.25) is 0 Å². The Bertz CT molecular complexity index is 779. The molecule has 2 heterocycles. The van der Waals surface area contributed by atoms with Crippen LogP contribution in [-0.2, 0) is 6.54 Å². The molecule has 0 bridgehead atoms. The summed E-state index contributed by atoms with van der Waals surface area (Å²) in [5.41, 5.74) is 9.49. The fourth-order valence-corrected chi connectivity index (χ4v) is 2.51. The maximum atomic E-state index is 5.85. The van der Waals surface area contributed by atoms with Gasteiger partial charge in [-0.05, 0) is 32.0 Å². The number of nitrogens with two attached hydrogens (primary N) is 1. The molecule has 0 unspecified atom stereocenters. The van der Waals surface area contributed by atoms with Crippen LogP contribution >= 0.6 is 0 Å². The molecule has 0 aliphatic heterocycles. The predicted molar refractivity (Wildman–Crippen MR) is 83.3 cm³/mol. The summed E-state index contributed by atoms with van der Waals surface area (Å²) in [7, 11) is 0. The average molecular weight is 284 g/mol. The molecular formula is C16H20N4O. The summed E-state index contributed by atoms with van der Waals surface area (Å²) in [4.78, 5) is 9.18. The van der Waals surface area contributed by atoms with Crippen molar-refractivity contribution in [2.24, 2.45) is 0 Å². The van der Waals surface area contributed by atoms with Crippen LogP contribution in [0.1, 0.15) is 42.9 Å². The second kappa shape index (κ2) is 4.91. The van der Waals surface area contributed by atoms with Gasteiger partial charge in [-0.25, -0.2) is 9.97 Å². The fourth-order valence-electron chi connectivity index (χ4n) is 2.51. The van der Waals surface area contributed by atoms with E-state index in [4.69, 9.17) is 15.1 Å². The number of nitrogen functional groups attached to an aromatic ring is 1. The SMILES string of the molecule is Cc1nc(Cn2c(C(C)C)nc3cc(N)ccc32)oc1C. The quantitative estimate of drug-likeness (QED) is 0.748. The van der Waals surface area contributed by atoms with Gasteiger partial charge in [0.25, 0.3) is 0 Å². The van der Waals surface area contributed by atoms with E-state index in [9.17, 15) is 0 Å². The van der Waals surface area contributed by atoms with Gasteiger partial charge >= 0.3 is 0 Å². The lowest BCUT2D eigenvalue weighted by Gasteiger charge is -2.09. The smallest absolute Gasteiger partial charge is 0.214 e. The Balaban J connectivity index is 2.12. The minimum atomic E-state index is 0.316. The van der Waals surface area contributed by atoms with Crippen LogP contribution in [0.25, 0.3) is 11.0 Å². The number of oxazole rings is 1. The van der Waals surface area contributed by atoms with Crippen molar-refractivity contribution in [2.45, 2.75) is 40.2 Å². The van der Waals surface area contributed by atoms with Crippen LogP contribution in [0, 0.1) is 13.8 Å². The number of rotatable bonds is 3. The Morgan fingerprint density at radius 2 is 2.00 bits per heavy atom. The Hall–Kier alpha value is -2.30. The van der Waals surface area contributed by atoms with E-state index < -0.39 is 0 Å². The zero-order chi connectivity index (χ0) is 15.1. The van der Waals surface area contributed by atoms with Crippen molar-refractivity contribution in [3.05, 3.63) is 41.4 Å². The van der Waals surface area contributed by atoms with Gasteiger partial charge in [-0.3, -0.25) is 0 Å². The van der Waals surface area contributed by atoms with Crippen molar-refractivity contribution in [1.29, 1.82) is 0 Å². The van der Waals surface area contributed by atoms with E-state index in [0.717, 1.165) is 34.0 Å². The number of nitrogens with zero attached hydrogens (tertiary/aromatic N) is 3. The highest BCUT2D eigenvalue weighted by Crippen LogP contribution is 2.25. The maximum Gasteiger partial charge on any atom is 0.214 e. The van der Waals surface area contributed by atoms with E-state index in [1.54, 1.807) is 0 Å². The lowest BCUT2D eigenvalue weighted by atomic mass is 10.2. The number of hydrogen-bond donors (Lipinski definition) is 1. The second-order valence-corrected chi connectivity index (χ2v) is 5.71. The third kappa shape index (κ3) is 2.39. The van der Waals surface area contributed by atoms with Gasteiger partial charge in [-0.15, -0.1) is 0 Å². The first-order valence-corrected chi connectivity index (χ1v) is 7.14. The van der Waals surface area contributed by atoms with Gasteiger partial charge in [-0.1, -0.05) is 13.8 Å². The van der Waals surface area contributed by atoms with Gasteiger partial charge in [0.05, 0.1) is 16.7 Å². The minimum absolute atomic E-state index is 0.316. The molecule has 0 saturated carbocycles. The first kappa shape index (κ1) is 13.7. The molecule has 3 rings (SSSR count). The van der Waals surface area contributed by atoms with Crippen LogP contribution in [0.15, 0.2) is 22.6 Å². The normalized spacial score (nSPS) is 11.7. The van der Waals surface area contributed by atoms with Gasteiger partial charge in [-0.2, -0.15) is 0 Å². The molecule has 3 aromatic rings. The largest absolute Gasteiger partial charge is 0.444 e. The molecule has 0 amide bonds. The zero-order valence-corrected chi connectivity index (χ0v) is 12.8. The minimum Gasteiger partial charge on any atom is -0.444 e. The number of aromatic nitrogens is 3. The molecule has 5 heteroatoms. The third-order valence-corrected chi connectivity index (χ3v) is 3.68. The molecule has 0 saturated heterocycles. The monoisotopic (exact) mass is 284 g/mol. The van der Waals surface area contributed by atoms with Crippen molar-refractivity contribution in [3.8, 4) is 0 Å². The third-order valence-electron chi connectivity index (χ3n) is 3.68. The summed E-state index contributed by atoms with van der Waals surface area (Å²) < 4.78 is 7.87. The van der Waals surface area contributed by atoms with E-state index in [0.29, 0.717) is 18.4 Å². The van der Waals surface area contributed by atoms with E-state index in [1.165, 1.54) is 0 Å². The molecule has 110 valence electrons. The molecule has 0 spiro atoms. The molecule has 2 N–H and O–H groups in total. The Morgan fingerprint density at radius 3 is 2.62 bits per heavy atom. The summed E-state index contributed by atoms with van der Waals surface area (Å²) in [5, 5.41) is 0. The number of imidazole rings is 1. The summed E-state index contributed by atoms with van der Waals surface area (Å²) in [5.74, 6) is 2.91. The van der Waals surface area contributed by atoms with Crippen molar-refractivity contribution in [2.75, 3.05) is 5.73 Å². The highest BCUT2D eigenvalue weighted by molar-refractivity contribution is 5.79. The molecule has 1 aromatic carbocycles. The van der Waals surface area contributed by atoms with Gasteiger partial charge in [0.1, 0.15) is 18.1 Å². The molecule has 2 aromatic heterocycles. The Kier molecular flexibility index (Phi) is 3.20. The molecule has 0 fully saturated rings. The van der Waals surface area contributed by atoms with Gasteiger partial charge in [0.15, 0.2) is 0 Å². The van der Waals surface area contributed by atoms with Crippen molar-refractivity contribution >= 4 is 16.7 Å². The fraction of sp³-hybridized carbons (Fsp3) is 0.375. The predicted octanol–water partition coefficient (Wildman–Crippen LogP) is 3.40. The number of hydrogen-bond acceptors (Lipinski definition) is 4. The topological polar surface area (TPSA) is 69.9 Å². The Labute approximate surface area is 123 Å². The standard InChI is InChI=1S/C16H20N4O/c1-9(2)16-19-13-7-12(17)5-6-14(13)20(16)8-15-18-10(3)11(4)21-15/h5-7,9H,8,17H2,1-4H3. The molecule has 0 radical (unpaired) electrons. The number of aryl methyl sites for hydroxylation is 2. The summed E-state index contributed by atoms with van der Waals surface area (Å²) in [6.07, 6.45) is 0. The summed E-state index contributed by atoms with van der Waals surface area (Å²) in [6.45, 7) is 8.74. The molecule has 5 nitrogen and oxygen atoms in total. The first-order valence-electron chi connectivity index (χ1n) is 7.14. The zero-order valence-electron chi connectivity index (χ0n) is 12.8. The van der Waals surface area contributed by atoms with Gasteiger partial charge < -0.3 is 14.7 Å². The van der Waals surface area contributed by atoms with Crippen molar-refractivity contribution in [3.63, 3.8) is 0 Å². The van der Waals surface area contributed by atoms with Crippen molar-refractivity contribution < 1.29 is 4.42 Å². The maximum absolute atomic E-state index is 5.85. The van der Waals surface area contributed by atoms with Crippen molar-refractivity contribution in [1.82, 2.24) is 14.5 Å². The van der Waals surface area contributed by atoms with E-state index in [1.807, 2.05) is 32.0 Å². The lowest BCUT2D eigenvalue weighted by Crippen LogP contribution is -2.07. The molecule has 0 aliphatic rings. The molecule has 0 atom stereocenters. The Morgan fingerprint density at radius 1 is 1.24 bits per heavy atom. The van der Waals surface area contributed by atoms with Crippen LogP contribution < -0.4 is 5.73 Å². The summed E-state index contributed by atoms with van der Waals surface area (Å²) in [6, 6.07) is 5.81. The van der Waals surface area contributed by atoms with Crippen LogP contribution in [-0.4, -0.2) is 14.5 Å². The van der Waals surface area contributed by atoms with E-state index in [-0.39, 0.29) is 0 Å². The van der Waals surface area contributed by atoms with E-state index >= 15 is 0 Å². The highest BCUT2D eigenvalue weighted by Gasteiger charge is 2.16. The summed E-state index contributed by atoms with van der Waals surface area (Å²) >= 11 is 0. The first-order chi connectivity index (χ1) is 9.95. The molecular weight excluding hydrogens is 264 g/mol. The van der Waals surface area contributed by atoms with Gasteiger partial charge in [0, 0.05) is 11.6 Å². The average Bonchev–Trinajstić information content (AvgIpc) is 2.91. The van der Waals surface area contributed by atoms with Crippen LogP contribution in [0.5, 0.6) is 0 Å². The van der Waals surface area contributed by atoms with Gasteiger partial charge in [0.2, 0.25) is 5.89 Å². The second-order valence-electron chi connectivity index (χ2n) is 5.71. The lowest BCUT2D eigenvalue weighted by molar-refractivity contribution is 0.454. The molecule has 0 aliphatic carbocycles. The number of benzene rings is 1. The molecule has 21 heavy (non-hydrogen) atoms. The van der Waals surface area contributed by atoms with Crippen LogP contribution in [0.3, 0.4) is 0 Å². The highest BCUT2D eigenvalue weighted by atomic mass is 16.4. The van der Waals surface area contributed by atoms with Crippen LogP contribution in [0.4, 0.5) is 5.69 Å². The number of fused-ring (bicyclic) bond motifs is 1.